The minimum atomic E-state index is -2.94. The lowest BCUT2D eigenvalue weighted by Crippen LogP contribution is -2.32. The second-order valence-corrected chi connectivity index (χ2v) is 7.47. The summed E-state index contributed by atoms with van der Waals surface area (Å²) in [7, 11) is 1.39. The van der Waals surface area contributed by atoms with Gasteiger partial charge in [0.05, 0.1) is 7.11 Å². The van der Waals surface area contributed by atoms with Crippen LogP contribution in [0.25, 0.3) is 0 Å². The Labute approximate surface area is 185 Å². The lowest BCUT2D eigenvalue weighted by molar-refractivity contribution is -0.0512. The van der Waals surface area contributed by atoms with Gasteiger partial charge in [0.1, 0.15) is 11.5 Å². The third-order valence-electron chi connectivity index (χ3n) is 5.13. The normalized spacial score (nSPS) is 13.0. The molecule has 166 valence electrons. The second-order valence-electron chi connectivity index (χ2n) is 7.47. The maximum atomic E-state index is 13.2. The van der Waals surface area contributed by atoms with E-state index in [-0.39, 0.29) is 23.4 Å². The van der Waals surface area contributed by atoms with E-state index < -0.39 is 6.61 Å². The number of benzene rings is 3. The summed E-state index contributed by atoms with van der Waals surface area (Å²) in [6.45, 7) is -2.59. The molecule has 1 saturated carbocycles. The number of rotatable bonds is 9. The SMILES string of the molecule is COc1cc(CN(C(=O)c2ccc(Oc3ccccc3)cc2)C2CC2)ccc1OC(F)F. The summed E-state index contributed by atoms with van der Waals surface area (Å²) >= 11 is 0. The van der Waals surface area contributed by atoms with Crippen LogP contribution in [0.3, 0.4) is 0 Å². The third kappa shape index (κ3) is 5.35. The smallest absolute Gasteiger partial charge is 0.387 e. The van der Waals surface area contributed by atoms with Gasteiger partial charge >= 0.3 is 6.61 Å². The third-order valence-corrected chi connectivity index (χ3v) is 5.13. The van der Waals surface area contributed by atoms with Crippen LogP contribution in [-0.2, 0) is 6.54 Å². The molecular weight excluding hydrogens is 416 g/mol. The van der Waals surface area contributed by atoms with E-state index in [1.807, 2.05) is 30.3 Å². The molecule has 0 unspecified atom stereocenters. The van der Waals surface area contributed by atoms with Gasteiger partial charge in [0.2, 0.25) is 0 Å². The van der Waals surface area contributed by atoms with Crippen molar-refractivity contribution < 1.29 is 27.8 Å². The van der Waals surface area contributed by atoms with Crippen molar-refractivity contribution in [3.8, 4) is 23.0 Å². The lowest BCUT2D eigenvalue weighted by Gasteiger charge is -2.23. The summed E-state index contributed by atoms with van der Waals surface area (Å²) in [6.07, 6.45) is 1.87. The Morgan fingerprint density at radius 3 is 2.28 bits per heavy atom. The van der Waals surface area contributed by atoms with Gasteiger partial charge < -0.3 is 19.1 Å². The maximum absolute atomic E-state index is 13.2. The molecule has 0 bridgehead atoms. The van der Waals surface area contributed by atoms with Crippen LogP contribution in [0.1, 0.15) is 28.8 Å². The topological polar surface area (TPSA) is 48.0 Å². The summed E-state index contributed by atoms with van der Waals surface area (Å²) in [5, 5.41) is 0. The highest BCUT2D eigenvalue weighted by Crippen LogP contribution is 2.33. The molecule has 0 atom stereocenters. The fraction of sp³-hybridized carbons (Fsp3) is 0.240. The van der Waals surface area contributed by atoms with Crippen molar-refractivity contribution in [2.45, 2.75) is 32.0 Å². The van der Waals surface area contributed by atoms with Gasteiger partial charge in [0, 0.05) is 18.2 Å². The lowest BCUT2D eigenvalue weighted by atomic mass is 10.1. The fourth-order valence-corrected chi connectivity index (χ4v) is 3.41. The van der Waals surface area contributed by atoms with Crippen LogP contribution in [-0.4, -0.2) is 30.6 Å². The first kappa shape index (κ1) is 21.6. The molecule has 3 aromatic carbocycles. The van der Waals surface area contributed by atoms with Gasteiger partial charge in [0.15, 0.2) is 11.5 Å². The van der Waals surface area contributed by atoms with Crippen molar-refractivity contribution in [3.63, 3.8) is 0 Å². The maximum Gasteiger partial charge on any atom is 0.387 e. The summed E-state index contributed by atoms with van der Waals surface area (Å²) in [5.74, 6) is 1.44. The van der Waals surface area contributed by atoms with Gasteiger partial charge in [-0.15, -0.1) is 0 Å². The molecule has 1 amide bonds. The summed E-state index contributed by atoms with van der Waals surface area (Å²) < 4.78 is 40.6. The van der Waals surface area contributed by atoms with Crippen LogP contribution in [0.4, 0.5) is 8.78 Å². The Balaban J connectivity index is 1.47. The zero-order chi connectivity index (χ0) is 22.5. The van der Waals surface area contributed by atoms with E-state index in [0.29, 0.717) is 17.9 Å². The number of hydrogen-bond acceptors (Lipinski definition) is 4. The fourth-order valence-electron chi connectivity index (χ4n) is 3.41. The minimum Gasteiger partial charge on any atom is -0.493 e. The number of ether oxygens (including phenoxy) is 3. The number of hydrogen-bond donors (Lipinski definition) is 0. The van der Waals surface area contributed by atoms with Gasteiger partial charge in [-0.05, 0) is 66.9 Å². The standard InChI is InChI=1S/C25H23F2NO4/c1-30-23-15-17(7-14-22(23)32-25(26)27)16-28(19-10-11-19)24(29)18-8-12-21(13-9-18)31-20-5-3-2-4-6-20/h2-9,12-15,19,25H,10-11,16H2,1H3. The van der Waals surface area contributed by atoms with Gasteiger partial charge in [-0.25, -0.2) is 0 Å². The highest BCUT2D eigenvalue weighted by molar-refractivity contribution is 5.94. The molecule has 0 N–H and O–H groups in total. The van der Waals surface area contributed by atoms with E-state index >= 15 is 0 Å². The number of carbonyl (C=O) groups is 1. The van der Waals surface area contributed by atoms with E-state index in [2.05, 4.69) is 4.74 Å². The first-order valence-electron chi connectivity index (χ1n) is 10.3. The van der Waals surface area contributed by atoms with E-state index in [9.17, 15) is 13.6 Å². The number of nitrogens with zero attached hydrogens (tertiary/aromatic N) is 1. The van der Waals surface area contributed by atoms with Gasteiger partial charge in [0.25, 0.3) is 5.91 Å². The predicted molar refractivity (Wildman–Crippen MR) is 115 cm³/mol. The highest BCUT2D eigenvalue weighted by atomic mass is 19.3. The molecule has 0 heterocycles. The van der Waals surface area contributed by atoms with E-state index in [0.717, 1.165) is 24.2 Å². The molecular formula is C25H23F2NO4. The van der Waals surface area contributed by atoms with Crippen molar-refractivity contribution in [2.24, 2.45) is 0 Å². The quantitative estimate of drug-likeness (QED) is 0.417. The molecule has 1 fully saturated rings. The Morgan fingerprint density at radius 1 is 0.969 bits per heavy atom. The van der Waals surface area contributed by atoms with Crippen LogP contribution in [0.2, 0.25) is 0 Å². The molecule has 0 aliphatic heterocycles. The number of carbonyl (C=O) groups excluding carboxylic acids is 1. The predicted octanol–water partition coefficient (Wildman–Crippen LogP) is 5.89. The van der Waals surface area contributed by atoms with Crippen LogP contribution in [0.15, 0.2) is 72.8 Å². The van der Waals surface area contributed by atoms with Crippen LogP contribution in [0, 0.1) is 0 Å². The van der Waals surface area contributed by atoms with Crippen LogP contribution >= 0.6 is 0 Å². The van der Waals surface area contributed by atoms with Gasteiger partial charge in [-0.1, -0.05) is 24.3 Å². The van der Waals surface area contributed by atoms with Crippen molar-refractivity contribution in [1.29, 1.82) is 0 Å². The van der Waals surface area contributed by atoms with Gasteiger partial charge in [-0.3, -0.25) is 4.79 Å². The molecule has 4 rings (SSSR count). The molecule has 7 heteroatoms. The Kier molecular flexibility index (Phi) is 6.54. The van der Waals surface area contributed by atoms with Gasteiger partial charge in [-0.2, -0.15) is 8.78 Å². The summed E-state index contributed by atoms with van der Waals surface area (Å²) in [6, 6.07) is 21.3. The minimum absolute atomic E-state index is 0.0375. The van der Waals surface area contributed by atoms with E-state index in [1.54, 1.807) is 41.3 Å². The number of para-hydroxylation sites is 1. The van der Waals surface area contributed by atoms with Crippen molar-refractivity contribution in [1.82, 2.24) is 4.90 Å². The largest absolute Gasteiger partial charge is 0.493 e. The van der Waals surface area contributed by atoms with E-state index in [4.69, 9.17) is 9.47 Å². The monoisotopic (exact) mass is 439 g/mol. The summed E-state index contributed by atoms with van der Waals surface area (Å²) in [5.41, 5.74) is 1.33. The first-order chi connectivity index (χ1) is 15.5. The zero-order valence-electron chi connectivity index (χ0n) is 17.5. The number of methoxy groups -OCH3 is 1. The molecule has 3 aromatic rings. The molecule has 1 aliphatic rings. The first-order valence-corrected chi connectivity index (χ1v) is 10.3. The molecule has 32 heavy (non-hydrogen) atoms. The number of amides is 1. The second kappa shape index (κ2) is 9.68. The Bertz CT molecular complexity index is 1050. The molecule has 0 radical (unpaired) electrons. The highest BCUT2D eigenvalue weighted by Gasteiger charge is 2.33. The van der Waals surface area contributed by atoms with Crippen LogP contribution < -0.4 is 14.2 Å². The Hall–Kier alpha value is -3.61. The van der Waals surface area contributed by atoms with Crippen molar-refractivity contribution in [3.05, 3.63) is 83.9 Å². The Morgan fingerprint density at radius 2 is 1.66 bits per heavy atom. The molecule has 0 saturated heterocycles. The van der Waals surface area contributed by atoms with E-state index in [1.165, 1.54) is 13.2 Å². The molecule has 0 aromatic heterocycles. The average Bonchev–Trinajstić information content (AvgIpc) is 3.64. The zero-order valence-corrected chi connectivity index (χ0v) is 17.5. The molecule has 0 spiro atoms. The summed E-state index contributed by atoms with van der Waals surface area (Å²) in [4.78, 5) is 15.0. The number of alkyl halides is 2. The van der Waals surface area contributed by atoms with Crippen molar-refractivity contribution in [2.75, 3.05) is 7.11 Å². The van der Waals surface area contributed by atoms with Crippen LogP contribution in [0.5, 0.6) is 23.0 Å². The average molecular weight is 439 g/mol. The van der Waals surface area contributed by atoms with Crippen molar-refractivity contribution >= 4 is 5.91 Å². The molecule has 1 aliphatic carbocycles. The molecule has 5 nitrogen and oxygen atoms in total. The number of halogens is 2.